The number of aliphatic carboxylic acids is 1. The molecule has 22 heavy (non-hydrogen) atoms. The molecule has 1 amide bonds. The van der Waals surface area contributed by atoms with E-state index in [9.17, 15) is 9.59 Å². The molecule has 0 radical (unpaired) electrons. The number of aryl methyl sites for hydroxylation is 1. The summed E-state index contributed by atoms with van der Waals surface area (Å²) in [5, 5.41) is 11.6. The van der Waals surface area contributed by atoms with E-state index in [4.69, 9.17) is 14.6 Å². The van der Waals surface area contributed by atoms with Gasteiger partial charge in [-0.3, -0.25) is 4.79 Å². The fourth-order valence-electron chi connectivity index (χ4n) is 1.94. The molecule has 1 atom stereocenters. The van der Waals surface area contributed by atoms with Crippen LogP contribution in [-0.4, -0.2) is 42.8 Å². The lowest BCUT2D eigenvalue weighted by molar-refractivity contribution is -0.149. The van der Waals surface area contributed by atoms with Gasteiger partial charge in [-0.25, -0.2) is 4.79 Å². The van der Waals surface area contributed by atoms with Gasteiger partial charge in [0.2, 0.25) is 5.91 Å². The Balaban J connectivity index is 2.37. The van der Waals surface area contributed by atoms with Crippen LogP contribution in [0.2, 0.25) is 0 Å². The van der Waals surface area contributed by atoms with Gasteiger partial charge in [0, 0.05) is 13.5 Å². The Bertz CT molecular complexity index is 517. The summed E-state index contributed by atoms with van der Waals surface area (Å²) in [7, 11) is 1.39. The molecule has 0 heterocycles. The Morgan fingerprint density at radius 3 is 2.59 bits per heavy atom. The van der Waals surface area contributed by atoms with Crippen LogP contribution in [0.4, 0.5) is 0 Å². The summed E-state index contributed by atoms with van der Waals surface area (Å²) in [6, 6.07) is 7.64. The predicted octanol–water partition coefficient (Wildman–Crippen LogP) is 1.76. The van der Waals surface area contributed by atoms with Crippen molar-refractivity contribution in [3.8, 4) is 5.75 Å². The van der Waals surface area contributed by atoms with Crippen molar-refractivity contribution in [2.24, 2.45) is 0 Å². The van der Waals surface area contributed by atoms with Crippen LogP contribution in [0.1, 0.15) is 25.3 Å². The molecule has 0 saturated carbocycles. The summed E-state index contributed by atoms with van der Waals surface area (Å²) in [4.78, 5) is 23.0. The molecule has 0 fully saturated rings. The molecule has 0 aliphatic rings. The van der Waals surface area contributed by atoms with Gasteiger partial charge in [-0.05, 0) is 31.9 Å². The summed E-state index contributed by atoms with van der Waals surface area (Å²) < 4.78 is 10.4. The number of carboxylic acid groups (broad SMARTS) is 1. The van der Waals surface area contributed by atoms with Crippen molar-refractivity contribution in [1.82, 2.24) is 5.32 Å². The summed E-state index contributed by atoms with van der Waals surface area (Å²) >= 11 is 0. The molecular weight excluding hydrogens is 286 g/mol. The molecule has 0 saturated heterocycles. The molecule has 0 aliphatic carbocycles. The largest absolute Gasteiger partial charge is 0.493 e. The second-order valence-corrected chi connectivity index (χ2v) is 5.34. The highest BCUT2D eigenvalue weighted by Crippen LogP contribution is 2.16. The first-order valence-electron chi connectivity index (χ1n) is 7.11. The highest BCUT2D eigenvalue weighted by Gasteiger charge is 2.34. The van der Waals surface area contributed by atoms with Gasteiger partial charge in [-0.15, -0.1) is 0 Å². The maximum absolute atomic E-state index is 11.8. The molecule has 2 N–H and O–H groups in total. The van der Waals surface area contributed by atoms with Crippen molar-refractivity contribution in [1.29, 1.82) is 0 Å². The van der Waals surface area contributed by atoms with Crippen molar-refractivity contribution in [3.63, 3.8) is 0 Å². The molecular formula is C16H23NO5. The summed E-state index contributed by atoms with van der Waals surface area (Å²) in [6.07, 6.45) is 0.696. The Labute approximate surface area is 130 Å². The summed E-state index contributed by atoms with van der Waals surface area (Å²) in [6.45, 7) is 3.67. The van der Waals surface area contributed by atoms with Gasteiger partial charge in [0.15, 0.2) is 5.54 Å². The van der Waals surface area contributed by atoms with Crippen molar-refractivity contribution >= 4 is 11.9 Å². The molecule has 0 bridgehead atoms. The number of amides is 1. The van der Waals surface area contributed by atoms with E-state index in [1.807, 2.05) is 31.2 Å². The van der Waals surface area contributed by atoms with Crippen LogP contribution in [0.3, 0.4) is 0 Å². The number of carbonyl (C=O) groups is 2. The molecule has 0 spiro atoms. The first kappa shape index (κ1) is 18.0. The number of para-hydroxylation sites is 1. The fourth-order valence-corrected chi connectivity index (χ4v) is 1.94. The normalized spacial score (nSPS) is 13.2. The third-order valence-corrected chi connectivity index (χ3v) is 3.22. The summed E-state index contributed by atoms with van der Waals surface area (Å²) in [5.74, 6) is -0.674. The maximum Gasteiger partial charge on any atom is 0.331 e. The minimum atomic E-state index is -1.41. The maximum atomic E-state index is 11.8. The standard InChI is InChI=1S/C16H23NO5/c1-12-7-4-5-8-13(12)22-10-6-9-14(18)17-16(2,11-21-3)15(19)20/h4-5,7-8H,6,9-11H2,1-3H3,(H,17,18)(H,19,20). The number of rotatable bonds is 9. The van der Waals surface area contributed by atoms with E-state index in [0.29, 0.717) is 13.0 Å². The molecule has 1 aromatic rings. The van der Waals surface area contributed by atoms with Gasteiger partial charge in [-0.2, -0.15) is 0 Å². The van der Waals surface area contributed by atoms with Crippen LogP contribution in [0.25, 0.3) is 0 Å². The Hall–Kier alpha value is -2.08. The van der Waals surface area contributed by atoms with Gasteiger partial charge >= 0.3 is 5.97 Å². The number of carboxylic acids is 1. The van der Waals surface area contributed by atoms with E-state index >= 15 is 0 Å². The van der Waals surface area contributed by atoms with Crippen LogP contribution in [-0.2, 0) is 14.3 Å². The van der Waals surface area contributed by atoms with Gasteiger partial charge in [0.1, 0.15) is 5.75 Å². The summed E-state index contributed by atoms with van der Waals surface area (Å²) in [5.41, 5.74) is -0.381. The third kappa shape index (κ3) is 5.37. The quantitative estimate of drug-likeness (QED) is 0.679. The number of methoxy groups -OCH3 is 1. The lowest BCUT2D eigenvalue weighted by Gasteiger charge is -2.25. The Morgan fingerprint density at radius 1 is 1.32 bits per heavy atom. The van der Waals surface area contributed by atoms with Gasteiger partial charge in [0.25, 0.3) is 0 Å². The van der Waals surface area contributed by atoms with Crippen molar-refractivity contribution in [2.75, 3.05) is 20.3 Å². The van der Waals surface area contributed by atoms with Crippen LogP contribution in [0.5, 0.6) is 5.75 Å². The number of benzene rings is 1. The zero-order valence-corrected chi connectivity index (χ0v) is 13.2. The molecule has 1 rings (SSSR count). The number of hydrogen-bond acceptors (Lipinski definition) is 4. The number of carbonyl (C=O) groups excluding carboxylic acids is 1. The van der Waals surface area contributed by atoms with E-state index in [0.717, 1.165) is 11.3 Å². The molecule has 0 aromatic heterocycles. The molecule has 1 aromatic carbocycles. The van der Waals surface area contributed by atoms with Gasteiger partial charge in [-0.1, -0.05) is 18.2 Å². The van der Waals surface area contributed by atoms with Crippen molar-refractivity contribution in [2.45, 2.75) is 32.2 Å². The van der Waals surface area contributed by atoms with E-state index in [2.05, 4.69) is 5.32 Å². The van der Waals surface area contributed by atoms with Crippen LogP contribution < -0.4 is 10.1 Å². The van der Waals surface area contributed by atoms with E-state index in [1.165, 1.54) is 14.0 Å². The Morgan fingerprint density at radius 2 is 2.00 bits per heavy atom. The first-order valence-corrected chi connectivity index (χ1v) is 7.11. The van der Waals surface area contributed by atoms with Gasteiger partial charge < -0.3 is 19.9 Å². The average Bonchev–Trinajstić information content (AvgIpc) is 2.45. The first-order chi connectivity index (χ1) is 10.4. The number of ether oxygens (including phenoxy) is 2. The topological polar surface area (TPSA) is 84.9 Å². The second-order valence-electron chi connectivity index (χ2n) is 5.34. The minimum Gasteiger partial charge on any atom is -0.493 e. The zero-order chi connectivity index (χ0) is 16.6. The van der Waals surface area contributed by atoms with Crippen LogP contribution in [0.15, 0.2) is 24.3 Å². The monoisotopic (exact) mass is 309 g/mol. The lowest BCUT2D eigenvalue weighted by atomic mass is 10.0. The SMILES string of the molecule is COCC(C)(NC(=O)CCCOc1ccccc1C)C(=O)O. The van der Waals surface area contributed by atoms with E-state index < -0.39 is 11.5 Å². The molecule has 0 aliphatic heterocycles. The minimum absolute atomic E-state index is 0.0895. The van der Waals surface area contributed by atoms with Crippen molar-refractivity contribution in [3.05, 3.63) is 29.8 Å². The van der Waals surface area contributed by atoms with Crippen LogP contribution in [0, 0.1) is 6.92 Å². The van der Waals surface area contributed by atoms with E-state index in [-0.39, 0.29) is 18.9 Å². The lowest BCUT2D eigenvalue weighted by Crippen LogP contribution is -2.55. The predicted molar refractivity (Wildman–Crippen MR) is 82.0 cm³/mol. The average molecular weight is 309 g/mol. The molecule has 6 heteroatoms. The van der Waals surface area contributed by atoms with Crippen LogP contribution >= 0.6 is 0 Å². The van der Waals surface area contributed by atoms with Gasteiger partial charge in [0.05, 0.1) is 13.2 Å². The third-order valence-electron chi connectivity index (χ3n) is 3.22. The molecule has 122 valence electrons. The number of nitrogens with one attached hydrogen (secondary N) is 1. The molecule has 1 unspecified atom stereocenters. The van der Waals surface area contributed by atoms with Crippen molar-refractivity contribution < 1.29 is 24.2 Å². The molecule has 6 nitrogen and oxygen atoms in total. The zero-order valence-electron chi connectivity index (χ0n) is 13.2. The Kier molecular flexibility index (Phi) is 6.85. The van der Waals surface area contributed by atoms with E-state index in [1.54, 1.807) is 0 Å². The fraction of sp³-hybridized carbons (Fsp3) is 0.500. The number of hydrogen-bond donors (Lipinski definition) is 2. The smallest absolute Gasteiger partial charge is 0.331 e. The second kappa shape index (κ2) is 8.38. The highest BCUT2D eigenvalue weighted by molar-refractivity contribution is 5.86. The highest BCUT2D eigenvalue weighted by atomic mass is 16.5.